The van der Waals surface area contributed by atoms with E-state index in [0.717, 1.165) is 11.0 Å². The van der Waals surface area contributed by atoms with Crippen LogP contribution in [0.4, 0.5) is 0 Å². The number of H-pyrrole nitrogens is 1. The van der Waals surface area contributed by atoms with Crippen LogP contribution in [0.25, 0.3) is 0 Å². The summed E-state index contributed by atoms with van der Waals surface area (Å²) in [5.41, 5.74) is -1.21. The van der Waals surface area contributed by atoms with E-state index in [1.807, 2.05) is 0 Å². The third-order valence-corrected chi connectivity index (χ3v) is 3.81. The van der Waals surface area contributed by atoms with Gasteiger partial charge in [0, 0.05) is 25.3 Å². The second-order valence-corrected chi connectivity index (χ2v) is 5.30. The van der Waals surface area contributed by atoms with Gasteiger partial charge in [-0.25, -0.2) is 4.79 Å². The number of hydrogen-bond donors (Lipinski definition) is 3. The van der Waals surface area contributed by atoms with E-state index in [9.17, 15) is 19.8 Å². The zero-order valence-electron chi connectivity index (χ0n) is 11.8. The molecule has 2 fully saturated rings. The van der Waals surface area contributed by atoms with Crippen molar-refractivity contribution in [1.82, 2.24) is 9.55 Å². The van der Waals surface area contributed by atoms with Gasteiger partial charge in [0.2, 0.25) is 0 Å². The lowest BCUT2D eigenvalue weighted by Gasteiger charge is -2.24. The second kappa shape index (κ2) is 6.31. The highest BCUT2D eigenvalue weighted by Gasteiger charge is 2.47. The minimum absolute atomic E-state index is 0.416. The Morgan fingerprint density at radius 3 is 2.91 bits per heavy atom. The first kappa shape index (κ1) is 15.4. The highest BCUT2D eigenvalue weighted by Crippen LogP contribution is 2.32. The van der Waals surface area contributed by atoms with E-state index < -0.39 is 48.7 Å². The molecule has 1 aromatic heterocycles. The summed E-state index contributed by atoms with van der Waals surface area (Å²) in [4.78, 5) is 25.2. The van der Waals surface area contributed by atoms with Crippen molar-refractivity contribution in [2.75, 3.05) is 13.2 Å². The van der Waals surface area contributed by atoms with Crippen LogP contribution in [-0.2, 0) is 14.2 Å². The summed E-state index contributed by atoms with van der Waals surface area (Å²) in [5.74, 6) is 0. The molecule has 9 nitrogen and oxygen atoms in total. The van der Waals surface area contributed by atoms with Gasteiger partial charge in [0.15, 0.2) is 12.5 Å². The van der Waals surface area contributed by atoms with Gasteiger partial charge in [0.05, 0.1) is 6.61 Å². The Kier molecular flexibility index (Phi) is 4.41. The van der Waals surface area contributed by atoms with E-state index >= 15 is 0 Å². The van der Waals surface area contributed by atoms with Crippen LogP contribution in [0.15, 0.2) is 21.9 Å². The molecule has 2 saturated heterocycles. The van der Waals surface area contributed by atoms with Gasteiger partial charge in [-0.15, -0.1) is 0 Å². The van der Waals surface area contributed by atoms with E-state index in [-0.39, 0.29) is 0 Å². The minimum Gasteiger partial charge on any atom is -0.394 e. The number of aromatic amines is 1. The van der Waals surface area contributed by atoms with Crippen LogP contribution >= 0.6 is 0 Å². The van der Waals surface area contributed by atoms with E-state index in [4.69, 9.17) is 14.2 Å². The van der Waals surface area contributed by atoms with E-state index in [2.05, 4.69) is 4.98 Å². The molecule has 0 spiro atoms. The summed E-state index contributed by atoms with van der Waals surface area (Å²) in [6.45, 7) is 0.155. The number of nitrogens with one attached hydrogen (secondary N) is 1. The van der Waals surface area contributed by atoms with Crippen molar-refractivity contribution in [2.45, 2.75) is 43.7 Å². The average Bonchev–Trinajstić information content (AvgIpc) is 3.10. The molecule has 2 aliphatic heterocycles. The first-order valence-corrected chi connectivity index (χ1v) is 7.13. The lowest BCUT2D eigenvalue weighted by atomic mass is 10.1. The molecule has 0 saturated carbocycles. The SMILES string of the molecule is O=c1ccn([C@H]2O[C@@H](CO)C(O)C2OC2CCCO2)c(=O)[nH]1. The number of aromatic nitrogens is 2. The van der Waals surface area contributed by atoms with Gasteiger partial charge in [0.1, 0.15) is 18.3 Å². The number of rotatable bonds is 4. The van der Waals surface area contributed by atoms with Crippen LogP contribution in [-0.4, -0.2) is 57.6 Å². The van der Waals surface area contributed by atoms with E-state index in [1.54, 1.807) is 0 Å². The molecule has 3 heterocycles. The van der Waals surface area contributed by atoms with Crippen molar-refractivity contribution in [3.05, 3.63) is 33.1 Å². The zero-order chi connectivity index (χ0) is 15.7. The Bertz CT molecular complexity index is 621. The maximum atomic E-state index is 11.9. The number of ether oxygens (including phenoxy) is 3. The maximum Gasteiger partial charge on any atom is 0.330 e. The largest absolute Gasteiger partial charge is 0.394 e. The van der Waals surface area contributed by atoms with Gasteiger partial charge >= 0.3 is 5.69 Å². The Hall–Kier alpha value is -1.52. The van der Waals surface area contributed by atoms with Crippen molar-refractivity contribution < 1.29 is 24.4 Å². The molecular weight excluding hydrogens is 296 g/mol. The fourth-order valence-electron chi connectivity index (χ4n) is 2.70. The van der Waals surface area contributed by atoms with Crippen molar-refractivity contribution in [3.63, 3.8) is 0 Å². The molecule has 2 aliphatic rings. The molecule has 9 heteroatoms. The Morgan fingerprint density at radius 1 is 1.45 bits per heavy atom. The standard InChI is InChI=1S/C13H18N2O7/c16-6-7-10(18)11(22-9-2-1-5-20-9)12(21-7)15-4-3-8(17)14-13(15)19/h3-4,7,9-12,16,18H,1-2,5-6H2,(H,14,17,19)/t7-,9?,10?,11?,12-/m0/s1. The predicted octanol–water partition coefficient (Wildman–Crippen LogP) is -1.69. The normalized spacial score (nSPS) is 35.1. The van der Waals surface area contributed by atoms with Crippen molar-refractivity contribution in [2.24, 2.45) is 0 Å². The second-order valence-electron chi connectivity index (χ2n) is 5.30. The van der Waals surface area contributed by atoms with Gasteiger partial charge in [-0.2, -0.15) is 0 Å². The molecule has 0 bridgehead atoms. The van der Waals surface area contributed by atoms with Crippen molar-refractivity contribution in [1.29, 1.82) is 0 Å². The molecular formula is C13H18N2O7. The summed E-state index contributed by atoms with van der Waals surface area (Å²) >= 11 is 0. The molecule has 3 unspecified atom stereocenters. The number of aliphatic hydroxyl groups is 2. The molecule has 3 N–H and O–H groups in total. The summed E-state index contributed by atoms with van der Waals surface area (Å²) in [6.07, 6.45) is -1.52. The number of aliphatic hydroxyl groups excluding tert-OH is 2. The van der Waals surface area contributed by atoms with Gasteiger partial charge in [-0.05, 0) is 6.42 Å². The smallest absolute Gasteiger partial charge is 0.330 e. The lowest BCUT2D eigenvalue weighted by molar-refractivity contribution is -0.182. The monoisotopic (exact) mass is 314 g/mol. The van der Waals surface area contributed by atoms with Gasteiger partial charge in [-0.3, -0.25) is 14.3 Å². The van der Waals surface area contributed by atoms with Crippen LogP contribution in [0, 0.1) is 0 Å². The minimum atomic E-state index is -1.11. The van der Waals surface area contributed by atoms with Crippen LogP contribution in [0.3, 0.4) is 0 Å². The quantitative estimate of drug-likeness (QED) is 0.606. The summed E-state index contributed by atoms with van der Waals surface area (Å²) in [7, 11) is 0. The first-order chi connectivity index (χ1) is 10.6. The van der Waals surface area contributed by atoms with E-state index in [0.29, 0.717) is 13.0 Å². The molecule has 1 aromatic rings. The predicted molar refractivity (Wildman–Crippen MR) is 72.2 cm³/mol. The maximum absolute atomic E-state index is 11.9. The molecule has 0 aliphatic carbocycles. The van der Waals surface area contributed by atoms with Gasteiger partial charge < -0.3 is 24.4 Å². The van der Waals surface area contributed by atoms with Crippen molar-refractivity contribution >= 4 is 0 Å². The Morgan fingerprint density at radius 2 is 2.27 bits per heavy atom. The summed E-state index contributed by atoms with van der Waals surface area (Å²) < 4.78 is 17.7. The number of nitrogens with zero attached hydrogens (tertiary/aromatic N) is 1. The lowest BCUT2D eigenvalue weighted by Crippen LogP contribution is -2.41. The molecule has 0 amide bonds. The van der Waals surface area contributed by atoms with Crippen LogP contribution in [0.1, 0.15) is 19.1 Å². The average molecular weight is 314 g/mol. The third kappa shape index (κ3) is 2.85. The van der Waals surface area contributed by atoms with Crippen LogP contribution in [0.2, 0.25) is 0 Å². The van der Waals surface area contributed by atoms with E-state index in [1.165, 1.54) is 12.3 Å². The molecule has 122 valence electrons. The summed E-state index contributed by atoms with van der Waals surface area (Å²) in [6, 6.07) is 1.17. The molecule has 22 heavy (non-hydrogen) atoms. The first-order valence-electron chi connectivity index (χ1n) is 7.13. The van der Waals surface area contributed by atoms with Crippen LogP contribution in [0.5, 0.6) is 0 Å². The molecule has 5 atom stereocenters. The highest BCUT2D eigenvalue weighted by atomic mass is 16.7. The fourth-order valence-corrected chi connectivity index (χ4v) is 2.70. The fraction of sp³-hybridized carbons (Fsp3) is 0.692. The zero-order valence-corrected chi connectivity index (χ0v) is 11.8. The van der Waals surface area contributed by atoms with Crippen LogP contribution < -0.4 is 11.2 Å². The van der Waals surface area contributed by atoms with Crippen molar-refractivity contribution in [3.8, 4) is 0 Å². The third-order valence-electron chi connectivity index (χ3n) is 3.81. The van der Waals surface area contributed by atoms with Gasteiger partial charge in [0.25, 0.3) is 5.56 Å². The molecule has 0 radical (unpaired) electrons. The molecule has 3 rings (SSSR count). The summed E-state index contributed by atoms with van der Waals surface area (Å²) in [5, 5.41) is 19.5. The van der Waals surface area contributed by atoms with Gasteiger partial charge in [-0.1, -0.05) is 0 Å². The topological polar surface area (TPSA) is 123 Å². The highest BCUT2D eigenvalue weighted by molar-refractivity contribution is 4.94. The Labute approximate surface area is 125 Å². The number of hydrogen-bond acceptors (Lipinski definition) is 7. The Balaban J connectivity index is 1.88. The molecule has 0 aromatic carbocycles.